The Hall–Kier alpha value is -2.60. The van der Waals surface area contributed by atoms with Crippen LogP contribution in [0.3, 0.4) is 0 Å². The molecule has 30 heavy (non-hydrogen) atoms. The molecule has 0 atom stereocenters. The van der Waals surface area contributed by atoms with Crippen LogP contribution in [0.5, 0.6) is 0 Å². The molecule has 6 heteroatoms. The van der Waals surface area contributed by atoms with E-state index >= 15 is 0 Å². The van der Waals surface area contributed by atoms with Gasteiger partial charge in [0.1, 0.15) is 5.69 Å². The molecule has 1 aliphatic carbocycles. The maximum absolute atomic E-state index is 13.0. The maximum Gasteiger partial charge on any atom is 0.272 e. The molecule has 2 N–H and O–H groups in total. The van der Waals surface area contributed by atoms with E-state index in [9.17, 15) is 9.59 Å². The number of nitrogens with one attached hydrogen (secondary N) is 2. The number of aromatic nitrogens is 1. The molecule has 2 heterocycles. The Labute approximate surface area is 178 Å². The van der Waals surface area contributed by atoms with Gasteiger partial charge >= 0.3 is 0 Å². The van der Waals surface area contributed by atoms with Crippen molar-refractivity contribution in [2.45, 2.75) is 40.5 Å². The van der Waals surface area contributed by atoms with Crippen LogP contribution in [0.25, 0.3) is 0 Å². The molecule has 0 saturated carbocycles. The van der Waals surface area contributed by atoms with E-state index < -0.39 is 0 Å². The summed E-state index contributed by atoms with van der Waals surface area (Å²) in [5.74, 6) is -0.0651. The Kier molecular flexibility index (Phi) is 5.22. The van der Waals surface area contributed by atoms with Crippen LogP contribution in [-0.2, 0) is 6.42 Å². The van der Waals surface area contributed by atoms with Crippen LogP contribution < -0.4 is 10.2 Å². The van der Waals surface area contributed by atoms with Gasteiger partial charge in [0.05, 0.1) is 0 Å². The molecular weight excluding hydrogens is 376 g/mol. The van der Waals surface area contributed by atoms with Gasteiger partial charge in [0.25, 0.3) is 5.91 Å². The monoisotopic (exact) mass is 408 g/mol. The number of hydrogen-bond acceptors (Lipinski definition) is 4. The van der Waals surface area contributed by atoms with Gasteiger partial charge in [0, 0.05) is 55.2 Å². The summed E-state index contributed by atoms with van der Waals surface area (Å²) in [4.78, 5) is 33.6. The van der Waals surface area contributed by atoms with Gasteiger partial charge in [-0.2, -0.15) is 0 Å². The summed E-state index contributed by atoms with van der Waals surface area (Å²) in [7, 11) is 2.15. The largest absolute Gasteiger partial charge is 0.369 e. The van der Waals surface area contributed by atoms with E-state index in [1.54, 1.807) is 0 Å². The molecule has 0 unspecified atom stereocenters. The highest BCUT2D eigenvalue weighted by Crippen LogP contribution is 2.37. The number of aromatic amines is 1. The number of anilines is 2. The van der Waals surface area contributed by atoms with Crippen LogP contribution in [0.2, 0.25) is 0 Å². The SMILES string of the molecule is Cc1cc(N2CCN(C)CC2)ccc1NC(=O)c1[nH]c2c(c1C)C(=O)CC(C)(C)C2. The summed E-state index contributed by atoms with van der Waals surface area (Å²) in [6.45, 7) is 12.2. The second-order valence-electron chi connectivity index (χ2n) is 9.66. The van der Waals surface area contributed by atoms with E-state index in [1.165, 1.54) is 5.69 Å². The van der Waals surface area contributed by atoms with Crippen molar-refractivity contribution >= 4 is 23.1 Å². The number of carbonyl (C=O) groups excluding carboxylic acids is 2. The average Bonchev–Trinajstić information content (AvgIpc) is 2.99. The first kappa shape index (κ1) is 20.7. The minimum absolute atomic E-state index is 0.0786. The van der Waals surface area contributed by atoms with Gasteiger partial charge < -0.3 is 20.1 Å². The summed E-state index contributed by atoms with van der Waals surface area (Å²) in [6.07, 6.45) is 1.30. The lowest BCUT2D eigenvalue weighted by molar-refractivity contribution is 0.0910. The number of Topliss-reactive ketones (excluding diaryl/α,β-unsaturated/α-hetero) is 1. The molecule has 0 spiro atoms. The van der Waals surface area contributed by atoms with E-state index in [1.807, 2.05) is 19.9 Å². The smallest absolute Gasteiger partial charge is 0.272 e. The third kappa shape index (κ3) is 3.88. The maximum atomic E-state index is 13.0. The molecule has 1 fully saturated rings. The van der Waals surface area contributed by atoms with Crippen molar-refractivity contribution in [1.29, 1.82) is 0 Å². The van der Waals surface area contributed by atoms with Gasteiger partial charge in [-0.05, 0) is 62.1 Å². The Morgan fingerprint density at radius 3 is 2.47 bits per heavy atom. The Bertz CT molecular complexity index is 997. The van der Waals surface area contributed by atoms with Crippen molar-refractivity contribution in [2.75, 3.05) is 43.4 Å². The van der Waals surface area contributed by atoms with Crippen LogP contribution in [0.1, 0.15) is 57.9 Å². The number of rotatable bonds is 3. The average molecular weight is 409 g/mol. The van der Waals surface area contributed by atoms with Gasteiger partial charge in [-0.15, -0.1) is 0 Å². The van der Waals surface area contributed by atoms with Gasteiger partial charge in [-0.25, -0.2) is 0 Å². The molecule has 0 radical (unpaired) electrons. The van der Waals surface area contributed by atoms with Crippen molar-refractivity contribution < 1.29 is 9.59 Å². The van der Waals surface area contributed by atoms with E-state index in [-0.39, 0.29) is 17.1 Å². The molecule has 160 valence electrons. The number of benzene rings is 1. The van der Waals surface area contributed by atoms with Crippen molar-refractivity contribution in [2.24, 2.45) is 5.41 Å². The molecule has 2 aromatic rings. The van der Waals surface area contributed by atoms with E-state index in [0.29, 0.717) is 17.7 Å². The molecule has 2 aliphatic rings. The molecule has 1 amide bonds. The number of carbonyl (C=O) groups is 2. The summed E-state index contributed by atoms with van der Waals surface area (Å²) >= 11 is 0. The van der Waals surface area contributed by atoms with Gasteiger partial charge in [0.2, 0.25) is 0 Å². The zero-order valence-corrected chi connectivity index (χ0v) is 18.7. The molecule has 4 rings (SSSR count). The van der Waals surface area contributed by atoms with Crippen LogP contribution >= 0.6 is 0 Å². The van der Waals surface area contributed by atoms with Crippen LogP contribution in [0.4, 0.5) is 11.4 Å². The molecule has 1 aliphatic heterocycles. The second-order valence-corrected chi connectivity index (χ2v) is 9.66. The van der Waals surface area contributed by atoms with Gasteiger partial charge in [0.15, 0.2) is 5.78 Å². The number of H-pyrrole nitrogens is 1. The quantitative estimate of drug-likeness (QED) is 0.811. The second kappa shape index (κ2) is 7.58. The first-order chi connectivity index (χ1) is 14.1. The van der Waals surface area contributed by atoms with Crippen LogP contribution in [-0.4, -0.2) is 54.8 Å². The number of nitrogens with zero attached hydrogens (tertiary/aromatic N) is 2. The first-order valence-electron chi connectivity index (χ1n) is 10.7. The number of piperazine rings is 1. The number of ketones is 1. The standard InChI is InChI=1S/C24H32N4O2/c1-15-12-17(28-10-8-27(5)9-11-28)6-7-18(15)26-23(30)22-16(2)21-19(25-22)13-24(3,4)14-20(21)29/h6-7,12,25H,8-11,13-14H2,1-5H3,(H,26,30). The molecule has 6 nitrogen and oxygen atoms in total. The minimum atomic E-state index is -0.192. The lowest BCUT2D eigenvalue weighted by Crippen LogP contribution is -2.44. The van der Waals surface area contributed by atoms with Crippen molar-refractivity contribution in [3.8, 4) is 0 Å². The summed E-state index contributed by atoms with van der Waals surface area (Å²) in [6, 6.07) is 6.19. The van der Waals surface area contributed by atoms with Crippen molar-refractivity contribution in [3.05, 3.63) is 46.3 Å². The van der Waals surface area contributed by atoms with Crippen LogP contribution in [0.15, 0.2) is 18.2 Å². The molecular formula is C24H32N4O2. The lowest BCUT2D eigenvalue weighted by Gasteiger charge is -2.34. The Morgan fingerprint density at radius 1 is 1.10 bits per heavy atom. The molecule has 0 bridgehead atoms. The van der Waals surface area contributed by atoms with Gasteiger partial charge in [-0.1, -0.05) is 13.8 Å². The zero-order valence-electron chi connectivity index (χ0n) is 18.7. The predicted octanol–water partition coefficient (Wildman–Crippen LogP) is 3.79. The van der Waals surface area contributed by atoms with Crippen molar-refractivity contribution in [3.63, 3.8) is 0 Å². The topological polar surface area (TPSA) is 68.4 Å². The number of likely N-dealkylation sites (N-methyl/N-ethyl adjacent to an activating group) is 1. The minimum Gasteiger partial charge on any atom is -0.369 e. The molecule has 1 saturated heterocycles. The molecule has 1 aromatic carbocycles. The number of amides is 1. The fourth-order valence-corrected chi connectivity index (χ4v) is 4.69. The number of hydrogen-bond donors (Lipinski definition) is 2. The highest BCUT2D eigenvalue weighted by molar-refractivity contribution is 6.08. The molecule has 1 aromatic heterocycles. The fourth-order valence-electron chi connectivity index (χ4n) is 4.69. The van der Waals surface area contributed by atoms with Gasteiger partial charge in [-0.3, -0.25) is 9.59 Å². The van der Waals surface area contributed by atoms with Crippen LogP contribution in [0, 0.1) is 19.3 Å². The van der Waals surface area contributed by atoms with E-state index in [0.717, 1.165) is 55.1 Å². The number of aryl methyl sites for hydroxylation is 1. The third-order valence-electron chi connectivity index (χ3n) is 6.45. The summed E-state index contributed by atoms with van der Waals surface area (Å²) in [5, 5.41) is 3.04. The fraction of sp³-hybridized carbons (Fsp3) is 0.500. The normalized spacial score (nSPS) is 19.0. The lowest BCUT2D eigenvalue weighted by atomic mass is 9.75. The summed E-state index contributed by atoms with van der Waals surface area (Å²) < 4.78 is 0. The highest BCUT2D eigenvalue weighted by atomic mass is 16.2. The third-order valence-corrected chi connectivity index (χ3v) is 6.45. The van der Waals surface area contributed by atoms with Crippen molar-refractivity contribution in [1.82, 2.24) is 9.88 Å². The number of fused-ring (bicyclic) bond motifs is 1. The predicted molar refractivity (Wildman–Crippen MR) is 121 cm³/mol. The first-order valence-corrected chi connectivity index (χ1v) is 10.7. The Balaban J connectivity index is 1.53. The van der Waals surface area contributed by atoms with E-state index in [4.69, 9.17) is 0 Å². The Morgan fingerprint density at radius 2 is 1.80 bits per heavy atom. The highest BCUT2D eigenvalue weighted by Gasteiger charge is 2.35. The zero-order chi connectivity index (χ0) is 21.6. The summed E-state index contributed by atoms with van der Waals surface area (Å²) in [5.41, 5.74) is 5.80. The van der Waals surface area contributed by atoms with E-state index in [2.05, 4.69) is 53.1 Å².